The van der Waals surface area contributed by atoms with Crippen molar-refractivity contribution in [1.29, 1.82) is 0 Å². The van der Waals surface area contributed by atoms with Crippen LogP contribution >= 0.6 is 11.6 Å². The van der Waals surface area contributed by atoms with E-state index < -0.39 is 10.0 Å². The number of sulfonamides is 1. The summed E-state index contributed by atoms with van der Waals surface area (Å²) in [6.07, 6.45) is 1.54. The van der Waals surface area contributed by atoms with E-state index in [1.54, 1.807) is 18.2 Å². The van der Waals surface area contributed by atoms with E-state index in [0.29, 0.717) is 5.02 Å². The molecule has 2 aromatic rings. The fourth-order valence-corrected chi connectivity index (χ4v) is 3.42. The van der Waals surface area contributed by atoms with Crippen molar-refractivity contribution in [2.24, 2.45) is 0 Å². The van der Waals surface area contributed by atoms with Gasteiger partial charge in [-0.3, -0.25) is 4.79 Å². The zero-order chi connectivity index (χ0) is 19.0. The van der Waals surface area contributed by atoms with Gasteiger partial charge >= 0.3 is 0 Å². The zero-order valence-electron chi connectivity index (χ0n) is 14.4. The average molecular weight is 393 g/mol. The van der Waals surface area contributed by atoms with Crippen LogP contribution in [0.4, 0.5) is 0 Å². The lowest BCUT2D eigenvalue weighted by atomic mass is 10.1. The second kappa shape index (κ2) is 9.52. The molecular weight excluding hydrogens is 372 g/mol. The number of carbonyl (C=O) groups excluding carboxylic acids is 1. The first-order chi connectivity index (χ1) is 12.4. The summed E-state index contributed by atoms with van der Waals surface area (Å²) in [4.78, 5) is 12.0. The highest BCUT2D eigenvalue weighted by Gasteiger charge is 2.13. The smallest absolute Gasteiger partial charge is 0.233 e. The second-order valence-corrected chi connectivity index (χ2v) is 7.77. The number of benzene rings is 2. The number of hydrogen-bond acceptors (Lipinski definition) is 3. The lowest BCUT2D eigenvalue weighted by molar-refractivity contribution is -0.121. The Labute approximate surface area is 159 Å². The van der Waals surface area contributed by atoms with Gasteiger partial charge in [0.15, 0.2) is 0 Å². The van der Waals surface area contributed by atoms with Crippen molar-refractivity contribution in [3.8, 4) is 0 Å². The molecule has 1 amide bonds. The third kappa shape index (κ3) is 6.63. The largest absolute Gasteiger partial charge is 0.349 e. The van der Waals surface area contributed by atoms with E-state index in [9.17, 15) is 13.2 Å². The number of nitrogens with one attached hydrogen (secondary N) is 2. The molecule has 0 spiro atoms. The Morgan fingerprint density at radius 3 is 2.46 bits per heavy atom. The maximum absolute atomic E-state index is 12.0. The number of amides is 1. The SMILES string of the molecule is CC(NC(=O)CCNS(=O)(=O)/C=C/c1ccccc1)c1ccccc1Cl. The van der Waals surface area contributed by atoms with Crippen LogP contribution in [-0.2, 0) is 14.8 Å². The molecule has 1 atom stereocenters. The van der Waals surface area contributed by atoms with Crippen molar-refractivity contribution in [2.75, 3.05) is 6.54 Å². The van der Waals surface area contributed by atoms with Gasteiger partial charge in [-0.1, -0.05) is 60.1 Å². The van der Waals surface area contributed by atoms with Crippen LogP contribution in [0.25, 0.3) is 6.08 Å². The molecule has 0 heterocycles. The van der Waals surface area contributed by atoms with Crippen molar-refractivity contribution >= 4 is 33.6 Å². The van der Waals surface area contributed by atoms with Crippen LogP contribution in [0.1, 0.15) is 30.5 Å². The summed E-state index contributed by atoms with van der Waals surface area (Å²) in [6.45, 7) is 1.84. The summed E-state index contributed by atoms with van der Waals surface area (Å²) in [7, 11) is -3.59. The van der Waals surface area contributed by atoms with Gasteiger partial charge < -0.3 is 5.32 Å². The molecule has 0 aliphatic carbocycles. The van der Waals surface area contributed by atoms with E-state index in [0.717, 1.165) is 16.5 Å². The lowest BCUT2D eigenvalue weighted by Gasteiger charge is -2.15. The van der Waals surface area contributed by atoms with E-state index in [2.05, 4.69) is 10.0 Å². The molecule has 2 aromatic carbocycles. The lowest BCUT2D eigenvalue weighted by Crippen LogP contribution is -2.31. The molecule has 0 fully saturated rings. The Hall–Kier alpha value is -2.15. The number of rotatable bonds is 8. The summed E-state index contributed by atoms with van der Waals surface area (Å²) in [5.41, 5.74) is 1.60. The van der Waals surface area contributed by atoms with Gasteiger partial charge in [-0.15, -0.1) is 0 Å². The van der Waals surface area contributed by atoms with Crippen molar-refractivity contribution in [1.82, 2.24) is 10.0 Å². The van der Waals surface area contributed by atoms with Gasteiger partial charge in [0.1, 0.15) is 0 Å². The summed E-state index contributed by atoms with van der Waals surface area (Å²) in [5.74, 6) is -0.257. The van der Waals surface area contributed by atoms with E-state index >= 15 is 0 Å². The molecule has 1 unspecified atom stereocenters. The second-order valence-electron chi connectivity index (χ2n) is 5.71. The van der Waals surface area contributed by atoms with Gasteiger partial charge in [0, 0.05) is 23.4 Å². The first kappa shape index (κ1) is 20.2. The molecule has 5 nitrogen and oxygen atoms in total. The molecule has 0 bridgehead atoms. The molecule has 138 valence electrons. The van der Waals surface area contributed by atoms with Crippen LogP contribution in [0.15, 0.2) is 60.0 Å². The van der Waals surface area contributed by atoms with E-state index in [4.69, 9.17) is 11.6 Å². The quantitative estimate of drug-likeness (QED) is 0.721. The fourth-order valence-electron chi connectivity index (χ4n) is 2.30. The molecule has 0 radical (unpaired) electrons. The van der Waals surface area contributed by atoms with Gasteiger partial charge in [0.2, 0.25) is 15.9 Å². The van der Waals surface area contributed by atoms with Crippen LogP contribution in [0.5, 0.6) is 0 Å². The minimum Gasteiger partial charge on any atom is -0.349 e. The Bertz CT molecular complexity index is 867. The Morgan fingerprint density at radius 1 is 1.12 bits per heavy atom. The molecule has 0 saturated carbocycles. The van der Waals surface area contributed by atoms with Crippen LogP contribution in [0.2, 0.25) is 5.02 Å². The molecule has 0 aliphatic rings. The summed E-state index contributed by atoms with van der Waals surface area (Å²) >= 11 is 6.10. The molecule has 2 N–H and O–H groups in total. The predicted molar refractivity (Wildman–Crippen MR) is 105 cm³/mol. The third-order valence-corrected chi connectivity index (χ3v) is 5.09. The highest BCUT2D eigenvalue weighted by molar-refractivity contribution is 7.92. The van der Waals surface area contributed by atoms with Crippen molar-refractivity contribution in [3.63, 3.8) is 0 Å². The predicted octanol–water partition coefficient (Wildman–Crippen LogP) is 3.50. The fraction of sp³-hybridized carbons (Fsp3) is 0.211. The summed E-state index contributed by atoms with van der Waals surface area (Å²) in [6, 6.07) is 16.1. The third-order valence-electron chi connectivity index (χ3n) is 3.64. The monoisotopic (exact) mass is 392 g/mol. The summed E-state index contributed by atoms with van der Waals surface area (Å²) < 4.78 is 26.2. The van der Waals surface area contributed by atoms with Crippen LogP contribution < -0.4 is 10.0 Å². The normalized spacial score (nSPS) is 12.8. The average Bonchev–Trinajstić information content (AvgIpc) is 2.61. The van der Waals surface area contributed by atoms with Crippen molar-refractivity contribution < 1.29 is 13.2 Å². The molecule has 7 heteroatoms. The van der Waals surface area contributed by atoms with Gasteiger partial charge in [0.25, 0.3) is 0 Å². The molecule has 26 heavy (non-hydrogen) atoms. The van der Waals surface area contributed by atoms with Gasteiger partial charge in [-0.2, -0.15) is 0 Å². The number of halogens is 1. The van der Waals surface area contributed by atoms with Crippen LogP contribution in [0, 0.1) is 0 Å². The first-order valence-corrected chi connectivity index (χ1v) is 10.1. The van der Waals surface area contributed by atoms with E-state index in [1.807, 2.05) is 43.3 Å². The highest BCUT2D eigenvalue weighted by Crippen LogP contribution is 2.22. The van der Waals surface area contributed by atoms with Crippen LogP contribution in [0.3, 0.4) is 0 Å². The van der Waals surface area contributed by atoms with Gasteiger partial charge in [-0.25, -0.2) is 13.1 Å². The molecule has 2 rings (SSSR count). The van der Waals surface area contributed by atoms with Crippen molar-refractivity contribution in [3.05, 3.63) is 76.2 Å². The highest BCUT2D eigenvalue weighted by atomic mass is 35.5. The number of carbonyl (C=O) groups is 1. The van der Waals surface area contributed by atoms with Gasteiger partial charge in [0.05, 0.1) is 6.04 Å². The minimum absolute atomic E-state index is 0.0164. The van der Waals surface area contributed by atoms with Crippen LogP contribution in [-0.4, -0.2) is 20.9 Å². The standard InChI is InChI=1S/C19H21ClN2O3S/c1-15(17-9-5-6-10-18(17)20)22-19(23)11-13-21-26(24,25)14-12-16-7-3-2-4-8-16/h2-10,12,14-15,21H,11,13H2,1H3,(H,22,23)/b14-12+. The van der Waals surface area contributed by atoms with Crippen molar-refractivity contribution in [2.45, 2.75) is 19.4 Å². The first-order valence-electron chi connectivity index (χ1n) is 8.14. The van der Waals surface area contributed by atoms with E-state index in [1.165, 1.54) is 6.08 Å². The zero-order valence-corrected chi connectivity index (χ0v) is 15.9. The maximum atomic E-state index is 12.0. The maximum Gasteiger partial charge on any atom is 0.233 e. The molecule has 0 aromatic heterocycles. The molecule has 0 saturated heterocycles. The molecule has 0 aliphatic heterocycles. The Morgan fingerprint density at radius 2 is 1.77 bits per heavy atom. The molecular formula is C19H21ClN2O3S. The minimum atomic E-state index is -3.59. The summed E-state index contributed by atoms with van der Waals surface area (Å²) in [5, 5.41) is 4.47. The number of hydrogen-bond donors (Lipinski definition) is 2. The van der Waals surface area contributed by atoms with Gasteiger partial charge in [-0.05, 0) is 30.2 Å². The Kier molecular flexibility index (Phi) is 7.38. The Balaban J connectivity index is 1.80. The topological polar surface area (TPSA) is 75.3 Å². The van der Waals surface area contributed by atoms with E-state index in [-0.39, 0.29) is 24.9 Å².